The molecule has 22 heavy (non-hydrogen) atoms. The van der Waals surface area contributed by atoms with E-state index >= 15 is 0 Å². The number of nitrogens with zero attached hydrogens (tertiary/aromatic N) is 1. The molecule has 0 atom stereocenters. The van der Waals surface area contributed by atoms with Gasteiger partial charge in [0.15, 0.2) is 0 Å². The first-order chi connectivity index (χ1) is 10.6. The molecule has 2 rings (SSSR count). The van der Waals surface area contributed by atoms with Crippen LogP contribution in [0.5, 0.6) is 0 Å². The minimum atomic E-state index is -0.0534. The number of carbonyl (C=O) groups excluding carboxylic acids is 1. The van der Waals surface area contributed by atoms with E-state index < -0.39 is 0 Å². The number of nitrogens with one attached hydrogen (secondary N) is 1. The van der Waals surface area contributed by atoms with Crippen LogP contribution >= 0.6 is 11.6 Å². The highest BCUT2D eigenvalue weighted by Gasteiger charge is 2.05. The largest absolute Gasteiger partial charge is 0.352 e. The van der Waals surface area contributed by atoms with Crippen molar-refractivity contribution in [2.24, 2.45) is 0 Å². The molecule has 0 aromatic heterocycles. The molecule has 0 saturated heterocycles. The summed E-state index contributed by atoms with van der Waals surface area (Å²) in [7, 11) is 2.09. The minimum Gasteiger partial charge on any atom is -0.352 e. The molecule has 2 aromatic rings. The van der Waals surface area contributed by atoms with Crippen LogP contribution in [-0.4, -0.2) is 30.9 Å². The normalized spacial score (nSPS) is 10.7. The number of hydrogen-bond donors (Lipinski definition) is 1. The summed E-state index contributed by atoms with van der Waals surface area (Å²) < 4.78 is 0. The van der Waals surface area contributed by atoms with Crippen LogP contribution in [0.1, 0.15) is 22.3 Å². The summed E-state index contributed by atoms with van der Waals surface area (Å²) in [5.41, 5.74) is 1.94. The number of halogens is 1. The Labute approximate surface area is 136 Å². The minimum absolute atomic E-state index is 0.0534. The molecule has 4 heteroatoms. The molecular formula is C18H21ClN2O. The highest BCUT2D eigenvalue weighted by Crippen LogP contribution is 2.09. The summed E-state index contributed by atoms with van der Waals surface area (Å²) in [6.07, 6.45) is 0.919. The Morgan fingerprint density at radius 2 is 1.77 bits per heavy atom. The first-order valence-corrected chi connectivity index (χ1v) is 7.79. The van der Waals surface area contributed by atoms with Gasteiger partial charge in [-0.3, -0.25) is 4.79 Å². The summed E-state index contributed by atoms with van der Waals surface area (Å²) in [6, 6.07) is 17.3. The van der Waals surface area contributed by atoms with Gasteiger partial charge in [-0.15, -0.1) is 0 Å². The molecule has 0 radical (unpaired) electrons. The Kier molecular flexibility index (Phi) is 6.44. The lowest BCUT2D eigenvalue weighted by molar-refractivity contribution is 0.0952. The van der Waals surface area contributed by atoms with Crippen LogP contribution < -0.4 is 5.32 Å². The van der Waals surface area contributed by atoms with Gasteiger partial charge < -0.3 is 10.2 Å². The predicted molar refractivity (Wildman–Crippen MR) is 91.2 cm³/mol. The van der Waals surface area contributed by atoms with Crippen LogP contribution in [0, 0.1) is 0 Å². The second-order valence-electron chi connectivity index (χ2n) is 5.34. The molecule has 0 fully saturated rings. The molecule has 0 aliphatic rings. The highest BCUT2D eigenvalue weighted by atomic mass is 35.5. The van der Waals surface area contributed by atoms with Crippen LogP contribution in [0.2, 0.25) is 5.02 Å². The quantitative estimate of drug-likeness (QED) is 0.792. The molecule has 1 N–H and O–H groups in total. The SMILES string of the molecule is CN(CCCNC(=O)c1ccc(Cl)cc1)Cc1ccccc1. The van der Waals surface area contributed by atoms with Crippen molar-refractivity contribution < 1.29 is 4.79 Å². The van der Waals surface area contributed by atoms with E-state index in [1.54, 1.807) is 24.3 Å². The monoisotopic (exact) mass is 316 g/mol. The van der Waals surface area contributed by atoms with Crippen molar-refractivity contribution in [2.75, 3.05) is 20.1 Å². The van der Waals surface area contributed by atoms with Crippen LogP contribution in [0.4, 0.5) is 0 Å². The van der Waals surface area contributed by atoms with Crippen LogP contribution in [0.25, 0.3) is 0 Å². The van der Waals surface area contributed by atoms with Gasteiger partial charge in [0, 0.05) is 23.7 Å². The number of amides is 1. The summed E-state index contributed by atoms with van der Waals surface area (Å²) in [5, 5.41) is 3.57. The lowest BCUT2D eigenvalue weighted by atomic mass is 10.2. The summed E-state index contributed by atoms with van der Waals surface area (Å²) >= 11 is 5.81. The fraction of sp³-hybridized carbons (Fsp3) is 0.278. The number of hydrogen-bond acceptors (Lipinski definition) is 2. The zero-order chi connectivity index (χ0) is 15.8. The maximum absolute atomic E-state index is 11.9. The van der Waals surface area contributed by atoms with Crippen molar-refractivity contribution >= 4 is 17.5 Å². The summed E-state index contributed by atoms with van der Waals surface area (Å²) in [5.74, 6) is -0.0534. The Morgan fingerprint density at radius 1 is 1.09 bits per heavy atom. The molecule has 116 valence electrons. The van der Waals surface area contributed by atoms with Gasteiger partial charge in [0.25, 0.3) is 5.91 Å². The molecule has 0 unspecified atom stereocenters. The molecule has 1 amide bonds. The lowest BCUT2D eigenvalue weighted by Gasteiger charge is -2.16. The van der Waals surface area contributed by atoms with E-state index in [9.17, 15) is 4.79 Å². The molecule has 0 saturated carbocycles. The first kappa shape index (κ1) is 16.5. The van der Waals surface area contributed by atoms with E-state index in [1.807, 2.05) is 6.07 Å². The topological polar surface area (TPSA) is 32.3 Å². The van der Waals surface area contributed by atoms with Gasteiger partial charge in [0.1, 0.15) is 0 Å². The van der Waals surface area contributed by atoms with E-state index in [1.165, 1.54) is 5.56 Å². The molecule has 0 aliphatic heterocycles. The first-order valence-electron chi connectivity index (χ1n) is 7.41. The fourth-order valence-corrected chi connectivity index (χ4v) is 2.35. The Morgan fingerprint density at radius 3 is 2.45 bits per heavy atom. The van der Waals surface area contributed by atoms with Gasteiger partial charge in [-0.05, 0) is 49.8 Å². The molecule has 0 heterocycles. The van der Waals surface area contributed by atoms with Crippen LogP contribution in [0.15, 0.2) is 54.6 Å². The van der Waals surface area contributed by atoms with Gasteiger partial charge in [0.05, 0.1) is 0 Å². The zero-order valence-corrected chi connectivity index (χ0v) is 13.5. The summed E-state index contributed by atoms with van der Waals surface area (Å²) in [6.45, 7) is 2.53. The van der Waals surface area contributed by atoms with Gasteiger partial charge in [0.2, 0.25) is 0 Å². The Balaban J connectivity index is 1.66. The average molecular weight is 317 g/mol. The van der Waals surface area contributed by atoms with E-state index in [4.69, 9.17) is 11.6 Å². The van der Waals surface area contributed by atoms with Gasteiger partial charge in [-0.25, -0.2) is 0 Å². The second kappa shape index (κ2) is 8.57. The van der Waals surface area contributed by atoms with Crippen molar-refractivity contribution in [1.29, 1.82) is 0 Å². The smallest absolute Gasteiger partial charge is 0.251 e. The number of benzene rings is 2. The Bertz CT molecular complexity index is 584. The third-order valence-electron chi connectivity index (χ3n) is 3.40. The standard InChI is InChI=1S/C18H21ClN2O/c1-21(14-15-6-3-2-4-7-15)13-5-12-20-18(22)16-8-10-17(19)11-9-16/h2-4,6-11H,5,12-14H2,1H3,(H,20,22). The molecule has 3 nitrogen and oxygen atoms in total. The predicted octanol–water partition coefficient (Wildman–Crippen LogP) is 3.59. The van der Waals surface area contributed by atoms with E-state index in [0.717, 1.165) is 19.5 Å². The number of carbonyl (C=O) groups is 1. The molecular weight excluding hydrogens is 296 g/mol. The van der Waals surface area contributed by atoms with Gasteiger partial charge in [-0.2, -0.15) is 0 Å². The molecule has 0 spiro atoms. The maximum Gasteiger partial charge on any atom is 0.251 e. The van der Waals surface area contributed by atoms with E-state index in [-0.39, 0.29) is 5.91 Å². The number of rotatable bonds is 7. The van der Waals surface area contributed by atoms with Crippen molar-refractivity contribution in [3.8, 4) is 0 Å². The van der Waals surface area contributed by atoms with Crippen molar-refractivity contribution in [3.05, 3.63) is 70.7 Å². The third kappa shape index (κ3) is 5.51. The molecule has 0 bridgehead atoms. The average Bonchev–Trinajstić information content (AvgIpc) is 2.53. The van der Waals surface area contributed by atoms with Crippen molar-refractivity contribution in [2.45, 2.75) is 13.0 Å². The van der Waals surface area contributed by atoms with Gasteiger partial charge in [-0.1, -0.05) is 41.9 Å². The highest BCUT2D eigenvalue weighted by molar-refractivity contribution is 6.30. The van der Waals surface area contributed by atoms with E-state index in [2.05, 4.69) is 41.5 Å². The maximum atomic E-state index is 11.9. The molecule has 0 aliphatic carbocycles. The Hall–Kier alpha value is -1.84. The van der Waals surface area contributed by atoms with Crippen LogP contribution in [-0.2, 0) is 6.54 Å². The zero-order valence-electron chi connectivity index (χ0n) is 12.8. The van der Waals surface area contributed by atoms with E-state index in [0.29, 0.717) is 17.1 Å². The molecule has 2 aromatic carbocycles. The second-order valence-corrected chi connectivity index (χ2v) is 5.78. The third-order valence-corrected chi connectivity index (χ3v) is 3.66. The lowest BCUT2D eigenvalue weighted by Crippen LogP contribution is -2.28. The van der Waals surface area contributed by atoms with Crippen molar-refractivity contribution in [3.63, 3.8) is 0 Å². The summed E-state index contributed by atoms with van der Waals surface area (Å²) in [4.78, 5) is 14.2. The van der Waals surface area contributed by atoms with Crippen molar-refractivity contribution in [1.82, 2.24) is 10.2 Å². The van der Waals surface area contributed by atoms with Gasteiger partial charge >= 0.3 is 0 Å². The van der Waals surface area contributed by atoms with Crippen LogP contribution in [0.3, 0.4) is 0 Å². The fourth-order valence-electron chi connectivity index (χ4n) is 2.23.